The maximum absolute atomic E-state index is 12.9. The summed E-state index contributed by atoms with van der Waals surface area (Å²) in [6.07, 6.45) is 0.777. The fourth-order valence-corrected chi connectivity index (χ4v) is 7.51. The number of hydrogen-bond acceptors (Lipinski definition) is 5. The first kappa shape index (κ1) is 28.1. The van der Waals surface area contributed by atoms with Gasteiger partial charge in [-0.1, -0.05) is 48.0 Å². The largest absolute Gasteiger partial charge is 0.326 e. The van der Waals surface area contributed by atoms with Crippen molar-refractivity contribution in [2.45, 2.75) is 37.3 Å². The first-order chi connectivity index (χ1) is 18.0. The number of sulfonamides is 2. The molecule has 8 nitrogen and oxygen atoms in total. The summed E-state index contributed by atoms with van der Waals surface area (Å²) in [6.45, 7) is 4.16. The summed E-state index contributed by atoms with van der Waals surface area (Å²) >= 11 is 6.12. The van der Waals surface area contributed by atoms with Crippen LogP contribution in [0.1, 0.15) is 29.5 Å². The minimum atomic E-state index is -3.80. The van der Waals surface area contributed by atoms with E-state index in [-0.39, 0.29) is 35.6 Å². The molecular weight excluding hydrogens is 546 g/mol. The average molecular weight is 576 g/mol. The minimum absolute atomic E-state index is 0.0789. The van der Waals surface area contributed by atoms with Gasteiger partial charge in [-0.2, -0.15) is 0 Å². The monoisotopic (exact) mass is 575 g/mol. The van der Waals surface area contributed by atoms with E-state index in [9.17, 15) is 21.6 Å². The molecule has 11 heteroatoms. The van der Waals surface area contributed by atoms with E-state index < -0.39 is 20.0 Å². The van der Waals surface area contributed by atoms with Gasteiger partial charge in [-0.25, -0.2) is 21.1 Å². The standard InChI is InChI=1S/C27H30ClN3O5S2/c1-19-6-5-7-20(2)26(19)30-38(35,36)24-12-10-23(11-13-24)29-27(32)21-14-16-31(17-15-21)37(33,34)18-22-8-3-4-9-25(22)28/h3-13,21,30H,14-18H2,1-2H3,(H,29,32). The number of nitrogens with one attached hydrogen (secondary N) is 2. The highest BCUT2D eigenvalue weighted by Gasteiger charge is 2.31. The quantitative estimate of drug-likeness (QED) is 0.395. The zero-order valence-electron chi connectivity index (χ0n) is 21.1. The lowest BCUT2D eigenvalue weighted by molar-refractivity contribution is -0.120. The summed E-state index contributed by atoms with van der Waals surface area (Å²) < 4.78 is 55.5. The van der Waals surface area contributed by atoms with Crippen molar-refractivity contribution >= 4 is 48.9 Å². The van der Waals surface area contributed by atoms with Gasteiger partial charge in [-0.15, -0.1) is 0 Å². The van der Waals surface area contributed by atoms with Crippen molar-refractivity contribution in [2.75, 3.05) is 23.1 Å². The van der Waals surface area contributed by atoms with E-state index in [4.69, 9.17) is 11.6 Å². The van der Waals surface area contributed by atoms with Gasteiger partial charge in [0.05, 0.1) is 16.3 Å². The minimum Gasteiger partial charge on any atom is -0.326 e. The molecule has 0 aromatic heterocycles. The third-order valence-electron chi connectivity index (χ3n) is 6.66. The lowest BCUT2D eigenvalue weighted by Crippen LogP contribution is -2.41. The van der Waals surface area contributed by atoms with Gasteiger partial charge in [0.1, 0.15) is 0 Å². The molecule has 0 atom stereocenters. The van der Waals surface area contributed by atoms with Crippen LogP contribution in [0.5, 0.6) is 0 Å². The molecule has 0 bridgehead atoms. The predicted octanol–water partition coefficient (Wildman–Crippen LogP) is 4.94. The van der Waals surface area contributed by atoms with Crippen LogP contribution in [0.25, 0.3) is 0 Å². The van der Waals surface area contributed by atoms with Gasteiger partial charge in [-0.05, 0) is 73.7 Å². The molecule has 3 aromatic carbocycles. The second-order valence-electron chi connectivity index (χ2n) is 9.41. The lowest BCUT2D eigenvalue weighted by Gasteiger charge is -2.30. The summed E-state index contributed by atoms with van der Waals surface area (Å²) in [5.41, 5.74) is 3.20. The summed E-state index contributed by atoms with van der Waals surface area (Å²) in [7, 11) is -7.36. The number of benzene rings is 3. The van der Waals surface area contributed by atoms with E-state index in [1.165, 1.54) is 16.4 Å². The zero-order chi connectivity index (χ0) is 27.5. The second-order valence-corrected chi connectivity index (χ2v) is 13.5. The van der Waals surface area contributed by atoms with Crippen LogP contribution < -0.4 is 10.0 Å². The van der Waals surface area contributed by atoms with E-state index in [2.05, 4.69) is 10.0 Å². The third-order valence-corrected chi connectivity index (χ3v) is 10.2. The molecule has 4 rings (SSSR count). The van der Waals surface area contributed by atoms with E-state index in [1.54, 1.807) is 36.4 Å². The molecule has 1 aliphatic heterocycles. The van der Waals surface area contributed by atoms with Crippen molar-refractivity contribution < 1.29 is 21.6 Å². The molecule has 1 amide bonds. The first-order valence-corrected chi connectivity index (χ1v) is 15.6. The Morgan fingerprint density at radius 2 is 1.50 bits per heavy atom. The van der Waals surface area contributed by atoms with Gasteiger partial charge in [-0.3, -0.25) is 9.52 Å². The highest BCUT2D eigenvalue weighted by molar-refractivity contribution is 7.92. The number of aryl methyl sites for hydroxylation is 2. The highest BCUT2D eigenvalue weighted by atomic mass is 35.5. The Morgan fingerprint density at radius 3 is 2.11 bits per heavy atom. The number of para-hydroxylation sites is 1. The van der Waals surface area contributed by atoms with Crippen LogP contribution in [0.2, 0.25) is 5.02 Å². The fraction of sp³-hybridized carbons (Fsp3) is 0.296. The van der Waals surface area contributed by atoms with Crippen LogP contribution in [-0.2, 0) is 30.6 Å². The average Bonchev–Trinajstić information content (AvgIpc) is 2.88. The Bertz CT molecular complexity index is 1510. The van der Waals surface area contributed by atoms with Crippen molar-refractivity contribution in [3.05, 3.63) is 88.4 Å². The molecule has 3 aromatic rings. The van der Waals surface area contributed by atoms with Crippen molar-refractivity contribution in [1.82, 2.24) is 4.31 Å². The van der Waals surface area contributed by atoms with Crippen LogP contribution in [-0.4, -0.2) is 40.1 Å². The maximum Gasteiger partial charge on any atom is 0.261 e. The number of carbonyl (C=O) groups is 1. The molecule has 0 saturated carbocycles. The molecule has 0 unspecified atom stereocenters. The molecule has 1 saturated heterocycles. The molecule has 0 radical (unpaired) electrons. The Balaban J connectivity index is 1.34. The molecule has 1 fully saturated rings. The predicted molar refractivity (Wildman–Crippen MR) is 150 cm³/mol. The number of amides is 1. The van der Waals surface area contributed by atoms with Crippen LogP contribution >= 0.6 is 11.6 Å². The number of piperidine rings is 1. The van der Waals surface area contributed by atoms with Crippen LogP contribution in [0, 0.1) is 19.8 Å². The number of hydrogen-bond donors (Lipinski definition) is 2. The van der Waals surface area contributed by atoms with Crippen molar-refractivity contribution in [1.29, 1.82) is 0 Å². The van der Waals surface area contributed by atoms with Gasteiger partial charge < -0.3 is 5.32 Å². The van der Waals surface area contributed by atoms with Crippen molar-refractivity contribution in [3.8, 4) is 0 Å². The molecule has 1 heterocycles. The Kier molecular flexibility index (Phi) is 8.46. The Morgan fingerprint density at radius 1 is 0.895 bits per heavy atom. The van der Waals surface area contributed by atoms with Gasteiger partial charge in [0.2, 0.25) is 15.9 Å². The van der Waals surface area contributed by atoms with E-state index in [0.29, 0.717) is 34.8 Å². The Labute approximate surface area is 229 Å². The third kappa shape index (κ3) is 6.55. The fourth-order valence-electron chi connectivity index (χ4n) is 4.43. The molecule has 38 heavy (non-hydrogen) atoms. The molecule has 1 aliphatic rings. The lowest BCUT2D eigenvalue weighted by atomic mass is 9.97. The molecule has 0 spiro atoms. The number of nitrogens with zero attached hydrogens (tertiary/aromatic N) is 1. The summed E-state index contributed by atoms with van der Waals surface area (Å²) in [5.74, 6) is -0.759. The Hall–Kier alpha value is -2.92. The summed E-state index contributed by atoms with van der Waals surface area (Å²) in [4.78, 5) is 12.9. The van der Waals surface area contributed by atoms with Gasteiger partial charge in [0.25, 0.3) is 10.0 Å². The SMILES string of the molecule is Cc1cccc(C)c1NS(=O)(=O)c1ccc(NC(=O)C2CCN(S(=O)(=O)Cc3ccccc3Cl)CC2)cc1. The van der Waals surface area contributed by atoms with Gasteiger partial charge in [0.15, 0.2) is 0 Å². The molecule has 2 N–H and O–H groups in total. The molecular formula is C27H30ClN3O5S2. The normalized spacial score (nSPS) is 15.2. The summed E-state index contributed by atoms with van der Waals surface area (Å²) in [5, 5.41) is 3.23. The second kappa shape index (κ2) is 11.4. The topological polar surface area (TPSA) is 113 Å². The summed E-state index contributed by atoms with van der Waals surface area (Å²) in [6, 6.07) is 18.3. The van der Waals surface area contributed by atoms with Crippen LogP contribution in [0.15, 0.2) is 71.6 Å². The van der Waals surface area contributed by atoms with E-state index >= 15 is 0 Å². The van der Waals surface area contributed by atoms with E-state index in [0.717, 1.165) is 11.1 Å². The highest BCUT2D eigenvalue weighted by Crippen LogP contribution is 2.27. The van der Waals surface area contributed by atoms with Crippen LogP contribution in [0.3, 0.4) is 0 Å². The van der Waals surface area contributed by atoms with E-state index in [1.807, 2.05) is 32.0 Å². The zero-order valence-corrected chi connectivity index (χ0v) is 23.5. The molecule has 202 valence electrons. The van der Waals surface area contributed by atoms with Gasteiger partial charge in [0, 0.05) is 29.7 Å². The van der Waals surface area contributed by atoms with Crippen molar-refractivity contribution in [3.63, 3.8) is 0 Å². The number of carbonyl (C=O) groups excluding carboxylic acids is 1. The maximum atomic E-state index is 12.9. The van der Waals surface area contributed by atoms with Gasteiger partial charge >= 0.3 is 0 Å². The first-order valence-electron chi connectivity index (χ1n) is 12.2. The number of rotatable bonds is 8. The van der Waals surface area contributed by atoms with Crippen molar-refractivity contribution in [2.24, 2.45) is 5.92 Å². The number of halogens is 1. The molecule has 0 aliphatic carbocycles. The smallest absolute Gasteiger partial charge is 0.261 e. The number of anilines is 2. The van der Waals surface area contributed by atoms with Crippen LogP contribution in [0.4, 0.5) is 11.4 Å².